The summed E-state index contributed by atoms with van der Waals surface area (Å²) in [6, 6.07) is 27.0. The van der Waals surface area contributed by atoms with Crippen LogP contribution in [0.2, 0.25) is 0 Å². The van der Waals surface area contributed by atoms with Gasteiger partial charge in [-0.05, 0) is 162 Å². The lowest BCUT2D eigenvalue weighted by Gasteiger charge is -2.29. The fourth-order valence-electron chi connectivity index (χ4n) is 9.47. The van der Waals surface area contributed by atoms with Gasteiger partial charge in [-0.3, -0.25) is 19.2 Å². The molecule has 0 radical (unpaired) electrons. The highest BCUT2D eigenvalue weighted by atomic mass is 32.2. The van der Waals surface area contributed by atoms with Crippen molar-refractivity contribution in [2.45, 2.75) is 95.4 Å². The summed E-state index contributed by atoms with van der Waals surface area (Å²) in [4.78, 5) is 62.6. The van der Waals surface area contributed by atoms with E-state index in [9.17, 15) is 19.2 Å². The van der Waals surface area contributed by atoms with E-state index in [1.54, 1.807) is 109 Å². The Kier molecular flexibility index (Phi) is 21.4. The Labute approximate surface area is 504 Å². The van der Waals surface area contributed by atoms with Crippen LogP contribution in [0.5, 0.6) is 5.88 Å². The lowest BCUT2D eigenvalue weighted by molar-refractivity contribution is -0.112. The molecule has 0 atom stereocenters. The van der Waals surface area contributed by atoms with E-state index < -0.39 is 11.6 Å². The van der Waals surface area contributed by atoms with Crippen molar-refractivity contribution >= 4 is 92.4 Å². The predicted octanol–water partition coefficient (Wildman–Crippen LogP) is 12.9. The summed E-state index contributed by atoms with van der Waals surface area (Å²) in [5.74, 6) is -1.91. The van der Waals surface area contributed by atoms with E-state index in [4.69, 9.17) is 9.72 Å². The van der Waals surface area contributed by atoms with Crippen LogP contribution in [0.25, 0.3) is 11.3 Å². The summed E-state index contributed by atoms with van der Waals surface area (Å²) < 4.78 is 41.1. The van der Waals surface area contributed by atoms with Crippen molar-refractivity contribution in [3.8, 4) is 5.88 Å². The van der Waals surface area contributed by atoms with Gasteiger partial charge in [0.2, 0.25) is 17.6 Å². The second-order valence-corrected chi connectivity index (χ2v) is 22.5. The summed E-state index contributed by atoms with van der Waals surface area (Å²) in [7, 11) is 4.16. The fourth-order valence-corrected chi connectivity index (χ4v) is 10.6. The number of benzene rings is 4. The molecule has 0 spiro atoms. The minimum absolute atomic E-state index is 0.0564. The summed E-state index contributed by atoms with van der Waals surface area (Å²) in [6.07, 6.45) is 9.18. The van der Waals surface area contributed by atoms with Crippen LogP contribution in [0.1, 0.15) is 111 Å². The first kappa shape index (κ1) is 63.0. The Bertz CT molecular complexity index is 3460. The number of carbonyl (C=O) groups is 4. The molecule has 4 aromatic heterocycles. The van der Waals surface area contributed by atoms with Crippen molar-refractivity contribution in [1.29, 1.82) is 0 Å². The molecule has 86 heavy (non-hydrogen) atoms. The van der Waals surface area contributed by atoms with Gasteiger partial charge in [-0.2, -0.15) is 33.0 Å². The molecule has 0 bridgehead atoms. The average Bonchev–Trinajstić information content (AvgIpc) is 1.78. The molecule has 10 rings (SSSR count). The molecule has 4 aromatic carbocycles. The summed E-state index contributed by atoms with van der Waals surface area (Å²) in [5.41, 5.74) is 7.05. The third kappa shape index (κ3) is 15.8. The first-order valence-electron chi connectivity index (χ1n) is 28.7. The Morgan fingerprint density at radius 3 is 1.44 bits per heavy atom. The number of hydrogen-bond donors (Lipinski definition) is 6. The minimum Gasteiger partial charge on any atom is -0.472 e. The highest BCUT2D eigenvalue weighted by molar-refractivity contribution is 7.99. The van der Waals surface area contributed by atoms with E-state index in [0.717, 1.165) is 63.0 Å². The number of rotatable bonds is 18. The SMILES string of the molecule is C=CC(=O)Nc1ccc(C(=O)Nc2cccc(Nc3c(F)c(OC4CCN(C)CC4)nc4c(C(C)C)cnn34)c2)cc1.C=CC(=O)Nc1ccc(C(=O)Nc2cccc(Nc3c(F)c(SC4CCN(C)CC4)nc4c(C(C)C)cnn34)c2)cc1.CC. The number of amides is 4. The van der Waals surface area contributed by atoms with Gasteiger partial charge in [-0.1, -0.05) is 78.6 Å². The zero-order valence-electron chi connectivity index (χ0n) is 49.7. The van der Waals surface area contributed by atoms with Gasteiger partial charge < -0.3 is 46.4 Å². The van der Waals surface area contributed by atoms with Gasteiger partial charge in [0.05, 0.1) is 12.4 Å². The predicted molar refractivity (Wildman–Crippen MR) is 339 cm³/mol. The Morgan fingerprint density at radius 2 is 1.00 bits per heavy atom. The first-order chi connectivity index (χ1) is 41.4. The average molecular weight is 1190 g/mol. The van der Waals surface area contributed by atoms with E-state index in [-0.39, 0.29) is 64.3 Å². The number of fused-ring (bicyclic) bond motifs is 2. The van der Waals surface area contributed by atoms with Crippen LogP contribution in [0.3, 0.4) is 0 Å². The molecule has 2 saturated heterocycles. The summed E-state index contributed by atoms with van der Waals surface area (Å²) in [5, 5.41) is 26.9. The van der Waals surface area contributed by atoms with Gasteiger partial charge in [-0.15, -0.1) is 0 Å². The molecule has 22 heteroatoms. The monoisotopic (exact) mass is 1190 g/mol. The molecule has 0 unspecified atom stereocenters. The smallest absolute Gasteiger partial charge is 0.256 e. The summed E-state index contributed by atoms with van der Waals surface area (Å²) in [6.45, 7) is 22.7. The number of nitrogens with zero attached hydrogens (tertiary/aromatic N) is 8. The number of thioether (sulfide) groups is 1. The van der Waals surface area contributed by atoms with Crippen LogP contribution in [0.4, 0.5) is 54.5 Å². The van der Waals surface area contributed by atoms with Crippen LogP contribution in [0.15, 0.2) is 140 Å². The Balaban J connectivity index is 0.000000217. The molecule has 19 nitrogen and oxygen atoms in total. The van der Waals surface area contributed by atoms with E-state index in [2.05, 4.69) is 98.0 Å². The normalized spacial score (nSPS) is 13.9. The topological polar surface area (TPSA) is 217 Å². The van der Waals surface area contributed by atoms with Crippen LogP contribution >= 0.6 is 11.8 Å². The Hall–Kier alpha value is -8.99. The van der Waals surface area contributed by atoms with Crippen molar-refractivity contribution in [3.05, 3.63) is 169 Å². The lowest BCUT2D eigenvalue weighted by atomic mass is 10.1. The van der Waals surface area contributed by atoms with Crippen LogP contribution < -0.4 is 36.6 Å². The maximum atomic E-state index is 16.1. The zero-order chi connectivity index (χ0) is 61.6. The number of likely N-dealkylation sites (tertiary alicyclic amines) is 2. The minimum atomic E-state index is -0.641. The van der Waals surface area contributed by atoms with E-state index in [0.29, 0.717) is 61.6 Å². The zero-order valence-corrected chi connectivity index (χ0v) is 50.5. The van der Waals surface area contributed by atoms with Gasteiger partial charge in [-0.25, -0.2) is 4.98 Å². The number of ether oxygens (including phenoxy) is 1. The molecular weight excluding hydrogens is 1110 g/mol. The van der Waals surface area contributed by atoms with Crippen molar-refractivity contribution < 1.29 is 32.7 Å². The molecule has 2 aliphatic rings. The number of piperidine rings is 2. The standard InChI is InChI=1S/C31H34FN7O3.C31H34FN7O2S.C2H6/c2*1-5-26(40)34-21-11-9-20(10-12-21)30(41)36-23-8-6-7-22(17-23)35-29-27(32)31(42-24-13-15-38(4)16-14-24)37-28-25(19(2)3)18-33-39(28)29;1-2/h2*5-12,17-19,24,35H,1,13-16H2,2-4H3,(H,34,40)(H,36,41);1-2H3. The summed E-state index contributed by atoms with van der Waals surface area (Å²) >= 11 is 1.49. The van der Waals surface area contributed by atoms with Crippen molar-refractivity contribution in [3.63, 3.8) is 0 Å². The maximum Gasteiger partial charge on any atom is 0.256 e. The van der Waals surface area contributed by atoms with Gasteiger partial charge in [0.25, 0.3) is 17.7 Å². The third-order valence-electron chi connectivity index (χ3n) is 14.3. The number of anilines is 8. The molecule has 6 heterocycles. The third-order valence-corrected chi connectivity index (χ3v) is 15.6. The first-order valence-corrected chi connectivity index (χ1v) is 29.6. The van der Waals surface area contributed by atoms with Crippen LogP contribution in [-0.4, -0.2) is 114 Å². The molecule has 2 fully saturated rings. The molecular formula is C64H74F2N14O5S. The molecule has 6 N–H and O–H groups in total. The second kappa shape index (κ2) is 29.2. The van der Waals surface area contributed by atoms with Gasteiger partial charge in [0.15, 0.2) is 28.7 Å². The van der Waals surface area contributed by atoms with Gasteiger partial charge >= 0.3 is 0 Å². The maximum absolute atomic E-state index is 16.1. The molecule has 0 saturated carbocycles. The number of aromatic nitrogens is 6. The molecule has 0 aliphatic carbocycles. The highest BCUT2D eigenvalue weighted by Crippen LogP contribution is 2.37. The highest BCUT2D eigenvalue weighted by Gasteiger charge is 2.28. The number of nitrogens with one attached hydrogen (secondary N) is 6. The van der Waals surface area contributed by atoms with Crippen molar-refractivity contribution in [1.82, 2.24) is 39.0 Å². The Morgan fingerprint density at radius 1 is 0.581 bits per heavy atom. The number of halogens is 2. The van der Waals surface area contributed by atoms with Crippen LogP contribution in [-0.2, 0) is 9.59 Å². The number of hydrogen-bond acceptors (Lipinski definition) is 14. The quantitative estimate of drug-likeness (QED) is 0.0348. The molecule has 8 aromatic rings. The molecule has 2 aliphatic heterocycles. The van der Waals surface area contributed by atoms with Gasteiger partial charge in [0, 0.05) is 74.7 Å². The number of carbonyl (C=O) groups excluding carboxylic acids is 4. The fraction of sp³-hybridized carbons (Fsp3) is 0.312. The van der Waals surface area contributed by atoms with Crippen molar-refractivity contribution in [2.24, 2.45) is 0 Å². The largest absolute Gasteiger partial charge is 0.472 e. The van der Waals surface area contributed by atoms with E-state index in [1.807, 2.05) is 27.7 Å². The molecule has 450 valence electrons. The van der Waals surface area contributed by atoms with Crippen molar-refractivity contribution in [2.75, 3.05) is 72.2 Å². The molecule has 4 amide bonds. The van der Waals surface area contributed by atoms with Gasteiger partial charge in [0.1, 0.15) is 11.1 Å². The second-order valence-electron chi connectivity index (χ2n) is 21.2. The van der Waals surface area contributed by atoms with Crippen LogP contribution in [0, 0.1) is 11.6 Å². The lowest BCUT2D eigenvalue weighted by Crippen LogP contribution is -2.36. The van der Waals surface area contributed by atoms with E-state index in [1.165, 1.54) is 32.9 Å². The van der Waals surface area contributed by atoms with E-state index >= 15 is 8.78 Å².